The highest BCUT2D eigenvalue weighted by Crippen LogP contribution is 2.07. The summed E-state index contributed by atoms with van der Waals surface area (Å²) in [7, 11) is 0. The number of hydrogen-bond donors (Lipinski definition) is 2. The topological polar surface area (TPSA) is 89.5 Å². The van der Waals surface area contributed by atoms with Gasteiger partial charge in [-0.2, -0.15) is 0 Å². The highest BCUT2D eigenvalue weighted by Gasteiger charge is 2.03. The average molecular weight is 510 g/mol. The first-order chi connectivity index (χ1) is 13.8. The van der Waals surface area contributed by atoms with Crippen LogP contribution in [0, 0.1) is 0 Å². The van der Waals surface area contributed by atoms with Gasteiger partial charge in [-0.25, -0.2) is 4.99 Å². The Morgan fingerprint density at radius 2 is 1.97 bits per heavy atom. The molecule has 0 aliphatic carbocycles. The standard InChI is InChI=1S/C20H26N6O2.HI/c1-2-19-25-24-16-26(19)12-10-21-20(23-15-18-9-6-13-27-18)22-11-14-28-17-7-4-3-5-8-17;/h3-9,13,16H,2,10-12,14-15H2,1H3,(H2,21,22,23);1H. The minimum absolute atomic E-state index is 0. The normalized spacial score (nSPS) is 11.0. The zero-order chi connectivity index (χ0) is 19.4. The van der Waals surface area contributed by atoms with Gasteiger partial charge >= 0.3 is 0 Å². The summed E-state index contributed by atoms with van der Waals surface area (Å²) >= 11 is 0. The van der Waals surface area contributed by atoms with Gasteiger partial charge in [-0.3, -0.25) is 0 Å². The van der Waals surface area contributed by atoms with Gasteiger partial charge in [0.25, 0.3) is 0 Å². The van der Waals surface area contributed by atoms with Crippen molar-refractivity contribution < 1.29 is 9.15 Å². The number of furan rings is 1. The molecule has 0 bridgehead atoms. The Balaban J connectivity index is 0.00000300. The first-order valence-electron chi connectivity index (χ1n) is 9.44. The molecule has 0 aliphatic heterocycles. The van der Waals surface area contributed by atoms with Gasteiger partial charge in [0.1, 0.15) is 36.8 Å². The van der Waals surface area contributed by atoms with Crippen molar-refractivity contribution in [1.29, 1.82) is 0 Å². The van der Waals surface area contributed by atoms with Crippen LogP contribution in [0.2, 0.25) is 0 Å². The fourth-order valence-corrected chi connectivity index (χ4v) is 2.62. The lowest BCUT2D eigenvalue weighted by Crippen LogP contribution is -2.40. The first kappa shape index (κ1) is 22.7. The van der Waals surface area contributed by atoms with Crippen molar-refractivity contribution in [3.63, 3.8) is 0 Å². The molecule has 8 nitrogen and oxygen atoms in total. The summed E-state index contributed by atoms with van der Waals surface area (Å²) in [4.78, 5) is 4.58. The molecule has 156 valence electrons. The second kappa shape index (κ2) is 12.8. The number of hydrogen-bond acceptors (Lipinski definition) is 5. The van der Waals surface area contributed by atoms with E-state index in [2.05, 4.69) is 32.7 Å². The number of para-hydroxylation sites is 1. The molecule has 29 heavy (non-hydrogen) atoms. The molecule has 0 saturated carbocycles. The highest BCUT2D eigenvalue weighted by molar-refractivity contribution is 14.0. The molecule has 0 unspecified atom stereocenters. The molecule has 0 fully saturated rings. The highest BCUT2D eigenvalue weighted by atomic mass is 127. The van der Waals surface area contributed by atoms with Gasteiger partial charge < -0.3 is 24.4 Å². The molecule has 0 amide bonds. The zero-order valence-electron chi connectivity index (χ0n) is 16.5. The van der Waals surface area contributed by atoms with E-state index in [0.29, 0.717) is 32.2 Å². The van der Waals surface area contributed by atoms with E-state index < -0.39 is 0 Å². The van der Waals surface area contributed by atoms with E-state index in [1.807, 2.05) is 47.0 Å². The van der Waals surface area contributed by atoms with Gasteiger partial charge in [-0.05, 0) is 24.3 Å². The van der Waals surface area contributed by atoms with Crippen molar-refractivity contribution in [2.24, 2.45) is 4.99 Å². The molecule has 2 aromatic heterocycles. The number of halogens is 1. The average Bonchev–Trinajstić information content (AvgIpc) is 3.41. The lowest BCUT2D eigenvalue weighted by molar-refractivity contribution is 0.322. The SMILES string of the molecule is CCc1nncn1CCNC(=NCc1ccco1)NCCOc1ccccc1.I. The maximum Gasteiger partial charge on any atom is 0.191 e. The third kappa shape index (κ3) is 7.76. The Morgan fingerprint density at radius 3 is 2.72 bits per heavy atom. The number of ether oxygens (including phenoxy) is 1. The molecule has 3 rings (SSSR count). The van der Waals surface area contributed by atoms with Crippen LogP contribution in [0.25, 0.3) is 0 Å². The Labute approximate surface area is 187 Å². The molecule has 0 spiro atoms. The van der Waals surface area contributed by atoms with E-state index in [4.69, 9.17) is 9.15 Å². The van der Waals surface area contributed by atoms with Crippen molar-refractivity contribution in [3.05, 3.63) is 66.6 Å². The lowest BCUT2D eigenvalue weighted by Gasteiger charge is -2.14. The molecule has 0 saturated heterocycles. The summed E-state index contributed by atoms with van der Waals surface area (Å²) in [6, 6.07) is 13.5. The summed E-state index contributed by atoms with van der Waals surface area (Å²) in [5.74, 6) is 3.35. The number of guanidine groups is 1. The fraction of sp³-hybridized carbons (Fsp3) is 0.350. The Bertz CT molecular complexity index is 836. The van der Waals surface area contributed by atoms with Gasteiger partial charge in [0.05, 0.1) is 12.8 Å². The smallest absolute Gasteiger partial charge is 0.191 e. The van der Waals surface area contributed by atoms with E-state index in [9.17, 15) is 0 Å². The van der Waals surface area contributed by atoms with Crippen LogP contribution >= 0.6 is 24.0 Å². The predicted octanol–water partition coefficient (Wildman–Crippen LogP) is 2.87. The van der Waals surface area contributed by atoms with Gasteiger partial charge in [0.2, 0.25) is 0 Å². The summed E-state index contributed by atoms with van der Waals surface area (Å²) in [6.07, 6.45) is 4.26. The number of aromatic nitrogens is 3. The molecular weight excluding hydrogens is 483 g/mol. The molecule has 3 aromatic rings. The minimum atomic E-state index is 0. The minimum Gasteiger partial charge on any atom is -0.492 e. The first-order valence-corrected chi connectivity index (χ1v) is 9.44. The maximum absolute atomic E-state index is 5.72. The number of nitrogens with one attached hydrogen (secondary N) is 2. The molecule has 0 atom stereocenters. The van der Waals surface area contributed by atoms with Crippen molar-refractivity contribution in [3.8, 4) is 5.75 Å². The molecule has 2 N–H and O–H groups in total. The van der Waals surface area contributed by atoms with Crippen LogP contribution in [-0.4, -0.2) is 40.4 Å². The number of aliphatic imine (C=N–C) groups is 1. The Kier molecular flexibility index (Phi) is 10.0. The van der Waals surface area contributed by atoms with Crippen LogP contribution in [0.4, 0.5) is 0 Å². The second-order valence-corrected chi connectivity index (χ2v) is 6.05. The number of benzene rings is 1. The summed E-state index contributed by atoms with van der Waals surface area (Å²) in [6.45, 7) is 5.17. The second-order valence-electron chi connectivity index (χ2n) is 6.05. The van der Waals surface area contributed by atoms with E-state index in [1.54, 1.807) is 12.6 Å². The van der Waals surface area contributed by atoms with Crippen molar-refractivity contribution >= 4 is 29.9 Å². The van der Waals surface area contributed by atoms with Crippen LogP contribution in [-0.2, 0) is 19.5 Å². The third-order valence-corrected chi connectivity index (χ3v) is 4.04. The van der Waals surface area contributed by atoms with Crippen LogP contribution in [0.3, 0.4) is 0 Å². The van der Waals surface area contributed by atoms with E-state index in [0.717, 1.165) is 30.3 Å². The molecule has 0 radical (unpaired) electrons. The van der Waals surface area contributed by atoms with Crippen molar-refractivity contribution in [2.45, 2.75) is 26.4 Å². The van der Waals surface area contributed by atoms with Gasteiger partial charge in [0.15, 0.2) is 5.96 Å². The molecule has 1 aromatic carbocycles. The fourth-order valence-electron chi connectivity index (χ4n) is 2.62. The monoisotopic (exact) mass is 510 g/mol. The van der Waals surface area contributed by atoms with E-state index in [-0.39, 0.29) is 24.0 Å². The predicted molar refractivity (Wildman–Crippen MR) is 123 cm³/mol. The maximum atomic E-state index is 5.72. The van der Waals surface area contributed by atoms with Crippen LogP contribution in [0.15, 0.2) is 64.5 Å². The summed E-state index contributed by atoms with van der Waals surface area (Å²) < 4.78 is 13.1. The van der Waals surface area contributed by atoms with Crippen LogP contribution in [0.1, 0.15) is 18.5 Å². The largest absolute Gasteiger partial charge is 0.492 e. The van der Waals surface area contributed by atoms with Gasteiger partial charge in [-0.1, -0.05) is 25.1 Å². The van der Waals surface area contributed by atoms with Crippen LogP contribution < -0.4 is 15.4 Å². The quantitative estimate of drug-likeness (QED) is 0.189. The third-order valence-electron chi connectivity index (χ3n) is 4.04. The lowest BCUT2D eigenvalue weighted by atomic mass is 10.3. The molecular formula is C20H27IN6O2. The molecule has 9 heteroatoms. The molecule has 2 heterocycles. The summed E-state index contributed by atoms with van der Waals surface area (Å²) in [5, 5.41) is 14.7. The van der Waals surface area contributed by atoms with E-state index in [1.165, 1.54) is 0 Å². The number of rotatable bonds is 10. The zero-order valence-corrected chi connectivity index (χ0v) is 18.8. The van der Waals surface area contributed by atoms with E-state index >= 15 is 0 Å². The number of aryl methyl sites for hydroxylation is 1. The van der Waals surface area contributed by atoms with Crippen LogP contribution in [0.5, 0.6) is 5.75 Å². The number of nitrogens with zero attached hydrogens (tertiary/aromatic N) is 4. The van der Waals surface area contributed by atoms with Gasteiger partial charge in [0, 0.05) is 19.5 Å². The molecule has 0 aliphatic rings. The Hall–Kier alpha value is -2.56. The summed E-state index contributed by atoms with van der Waals surface area (Å²) in [5.41, 5.74) is 0. The van der Waals surface area contributed by atoms with Crippen molar-refractivity contribution in [1.82, 2.24) is 25.4 Å². The van der Waals surface area contributed by atoms with Crippen molar-refractivity contribution in [2.75, 3.05) is 19.7 Å². The Morgan fingerprint density at radius 1 is 1.14 bits per heavy atom. The van der Waals surface area contributed by atoms with Gasteiger partial charge in [-0.15, -0.1) is 34.2 Å².